The molecular weight excluding hydrogens is 274 g/mol. The summed E-state index contributed by atoms with van der Waals surface area (Å²) in [6.45, 7) is 3.79. The molecule has 1 amide bonds. The van der Waals surface area contributed by atoms with Gasteiger partial charge in [0.25, 0.3) is 0 Å². The highest BCUT2D eigenvalue weighted by Crippen LogP contribution is 2.28. The summed E-state index contributed by atoms with van der Waals surface area (Å²) in [6, 6.07) is 12.3. The predicted octanol–water partition coefficient (Wildman–Crippen LogP) is 3.93. The second kappa shape index (κ2) is 6.82. The van der Waals surface area contributed by atoms with Crippen molar-refractivity contribution in [3.8, 4) is 0 Å². The fourth-order valence-corrected chi connectivity index (χ4v) is 3.22. The SMILES string of the molecule is Cc1ccccc1CCCC(=O)N1CCC(c2ccco2)C1. The first-order valence-electron chi connectivity index (χ1n) is 8.09. The van der Waals surface area contributed by atoms with Crippen molar-refractivity contribution in [2.75, 3.05) is 13.1 Å². The minimum atomic E-state index is 0.280. The number of furan rings is 1. The van der Waals surface area contributed by atoms with Crippen LogP contribution >= 0.6 is 0 Å². The third-order valence-electron chi connectivity index (χ3n) is 4.58. The van der Waals surface area contributed by atoms with Gasteiger partial charge in [0.15, 0.2) is 0 Å². The van der Waals surface area contributed by atoms with Gasteiger partial charge in [-0.2, -0.15) is 0 Å². The van der Waals surface area contributed by atoms with Crippen molar-refractivity contribution in [3.05, 3.63) is 59.5 Å². The highest BCUT2D eigenvalue weighted by molar-refractivity contribution is 5.76. The normalized spacial score (nSPS) is 17.9. The lowest BCUT2D eigenvalue weighted by Gasteiger charge is -2.16. The van der Waals surface area contributed by atoms with Gasteiger partial charge in [-0.05, 0) is 49.4 Å². The molecule has 3 heteroatoms. The zero-order valence-electron chi connectivity index (χ0n) is 13.1. The van der Waals surface area contributed by atoms with E-state index in [-0.39, 0.29) is 5.91 Å². The van der Waals surface area contributed by atoms with Crippen molar-refractivity contribution in [2.24, 2.45) is 0 Å². The Kier molecular flexibility index (Phi) is 4.62. The fraction of sp³-hybridized carbons (Fsp3) is 0.421. The third-order valence-corrected chi connectivity index (χ3v) is 4.58. The topological polar surface area (TPSA) is 33.5 Å². The quantitative estimate of drug-likeness (QED) is 0.838. The van der Waals surface area contributed by atoms with E-state index in [9.17, 15) is 4.79 Å². The molecule has 3 rings (SSSR count). The molecule has 0 radical (unpaired) electrons. The number of benzene rings is 1. The van der Waals surface area contributed by atoms with Crippen LogP contribution in [0.3, 0.4) is 0 Å². The molecule has 1 atom stereocenters. The van der Waals surface area contributed by atoms with Crippen LogP contribution in [0.25, 0.3) is 0 Å². The third kappa shape index (κ3) is 3.41. The Hall–Kier alpha value is -2.03. The van der Waals surface area contributed by atoms with Gasteiger partial charge in [0, 0.05) is 25.4 Å². The molecule has 2 aromatic rings. The van der Waals surface area contributed by atoms with E-state index in [1.807, 2.05) is 17.0 Å². The summed E-state index contributed by atoms with van der Waals surface area (Å²) < 4.78 is 5.46. The largest absolute Gasteiger partial charge is 0.469 e. The molecule has 22 heavy (non-hydrogen) atoms. The van der Waals surface area contributed by atoms with E-state index in [0.717, 1.165) is 38.1 Å². The maximum absolute atomic E-state index is 12.3. The van der Waals surface area contributed by atoms with Crippen LogP contribution < -0.4 is 0 Å². The standard InChI is InChI=1S/C19H23NO2/c1-15-6-2-3-7-16(15)8-4-10-19(21)20-12-11-17(14-20)18-9-5-13-22-18/h2-3,5-7,9,13,17H,4,8,10-12,14H2,1H3. The lowest BCUT2D eigenvalue weighted by atomic mass is 10.0. The monoisotopic (exact) mass is 297 g/mol. The van der Waals surface area contributed by atoms with E-state index >= 15 is 0 Å². The number of hydrogen-bond acceptors (Lipinski definition) is 2. The van der Waals surface area contributed by atoms with E-state index in [0.29, 0.717) is 12.3 Å². The number of rotatable bonds is 5. The smallest absolute Gasteiger partial charge is 0.222 e. The second-order valence-corrected chi connectivity index (χ2v) is 6.12. The predicted molar refractivity (Wildman–Crippen MR) is 86.8 cm³/mol. The van der Waals surface area contributed by atoms with Gasteiger partial charge in [0.05, 0.1) is 6.26 Å². The molecule has 1 aromatic carbocycles. The minimum Gasteiger partial charge on any atom is -0.469 e. The molecule has 0 bridgehead atoms. The van der Waals surface area contributed by atoms with Crippen molar-refractivity contribution in [2.45, 2.75) is 38.5 Å². The van der Waals surface area contributed by atoms with Crippen LogP contribution in [-0.4, -0.2) is 23.9 Å². The number of carbonyl (C=O) groups excluding carboxylic acids is 1. The Morgan fingerprint density at radius 1 is 1.27 bits per heavy atom. The van der Waals surface area contributed by atoms with Crippen LogP contribution in [0.1, 0.15) is 42.1 Å². The van der Waals surface area contributed by atoms with Gasteiger partial charge < -0.3 is 9.32 Å². The second-order valence-electron chi connectivity index (χ2n) is 6.12. The number of likely N-dealkylation sites (tertiary alicyclic amines) is 1. The van der Waals surface area contributed by atoms with E-state index in [4.69, 9.17) is 4.42 Å². The van der Waals surface area contributed by atoms with Crippen molar-refractivity contribution in [1.29, 1.82) is 0 Å². The van der Waals surface area contributed by atoms with Crippen LogP contribution in [0.5, 0.6) is 0 Å². The number of nitrogens with zero attached hydrogens (tertiary/aromatic N) is 1. The number of hydrogen-bond donors (Lipinski definition) is 0. The Morgan fingerprint density at radius 2 is 2.14 bits per heavy atom. The van der Waals surface area contributed by atoms with Gasteiger partial charge in [-0.1, -0.05) is 24.3 Å². The maximum Gasteiger partial charge on any atom is 0.222 e. The Morgan fingerprint density at radius 3 is 2.91 bits per heavy atom. The Bertz CT molecular complexity index is 618. The Labute approximate surface area is 131 Å². The average Bonchev–Trinajstić information content (AvgIpc) is 3.20. The van der Waals surface area contributed by atoms with E-state index in [1.165, 1.54) is 11.1 Å². The lowest BCUT2D eigenvalue weighted by Crippen LogP contribution is -2.28. The zero-order valence-corrected chi connectivity index (χ0v) is 13.1. The molecule has 3 nitrogen and oxygen atoms in total. The first-order chi connectivity index (χ1) is 10.7. The molecule has 1 aliphatic rings. The van der Waals surface area contributed by atoms with Gasteiger partial charge >= 0.3 is 0 Å². The fourth-order valence-electron chi connectivity index (χ4n) is 3.22. The highest BCUT2D eigenvalue weighted by atomic mass is 16.3. The summed E-state index contributed by atoms with van der Waals surface area (Å²) in [6.07, 6.45) is 5.26. The number of aryl methyl sites for hydroxylation is 2. The summed E-state index contributed by atoms with van der Waals surface area (Å²) in [5, 5.41) is 0. The summed E-state index contributed by atoms with van der Waals surface area (Å²) in [7, 11) is 0. The summed E-state index contributed by atoms with van der Waals surface area (Å²) in [4.78, 5) is 14.3. The van der Waals surface area contributed by atoms with Gasteiger partial charge in [0.1, 0.15) is 5.76 Å². The first kappa shape index (κ1) is 14.9. The van der Waals surface area contributed by atoms with E-state index < -0.39 is 0 Å². The average molecular weight is 297 g/mol. The first-order valence-corrected chi connectivity index (χ1v) is 8.09. The molecule has 0 spiro atoms. The zero-order chi connectivity index (χ0) is 15.4. The molecule has 116 valence electrons. The minimum absolute atomic E-state index is 0.280. The highest BCUT2D eigenvalue weighted by Gasteiger charge is 2.28. The van der Waals surface area contributed by atoms with Crippen molar-refractivity contribution < 1.29 is 9.21 Å². The summed E-state index contributed by atoms with van der Waals surface area (Å²) in [5.41, 5.74) is 2.67. The molecule has 1 saturated heterocycles. The molecule has 0 saturated carbocycles. The van der Waals surface area contributed by atoms with Crippen LogP contribution in [0.4, 0.5) is 0 Å². The van der Waals surface area contributed by atoms with Crippen LogP contribution in [-0.2, 0) is 11.2 Å². The number of carbonyl (C=O) groups is 1. The molecule has 1 aromatic heterocycles. The van der Waals surface area contributed by atoms with Gasteiger partial charge in [-0.3, -0.25) is 4.79 Å². The summed E-state index contributed by atoms with van der Waals surface area (Å²) in [5.74, 6) is 1.66. The van der Waals surface area contributed by atoms with Crippen LogP contribution in [0, 0.1) is 6.92 Å². The van der Waals surface area contributed by atoms with Crippen LogP contribution in [0.15, 0.2) is 47.1 Å². The maximum atomic E-state index is 12.3. The molecule has 1 aliphatic heterocycles. The number of amides is 1. The molecule has 0 aliphatic carbocycles. The molecule has 0 N–H and O–H groups in total. The van der Waals surface area contributed by atoms with Gasteiger partial charge in [-0.15, -0.1) is 0 Å². The van der Waals surface area contributed by atoms with Gasteiger partial charge in [-0.25, -0.2) is 0 Å². The van der Waals surface area contributed by atoms with E-state index in [2.05, 4.69) is 31.2 Å². The lowest BCUT2D eigenvalue weighted by molar-refractivity contribution is -0.130. The van der Waals surface area contributed by atoms with Gasteiger partial charge in [0.2, 0.25) is 5.91 Å². The van der Waals surface area contributed by atoms with Crippen molar-refractivity contribution in [3.63, 3.8) is 0 Å². The van der Waals surface area contributed by atoms with E-state index in [1.54, 1.807) is 6.26 Å². The van der Waals surface area contributed by atoms with Crippen molar-refractivity contribution in [1.82, 2.24) is 4.90 Å². The Balaban J connectivity index is 1.46. The molecule has 2 heterocycles. The van der Waals surface area contributed by atoms with Crippen LogP contribution in [0.2, 0.25) is 0 Å². The molecule has 1 fully saturated rings. The van der Waals surface area contributed by atoms with Crippen molar-refractivity contribution >= 4 is 5.91 Å². The molecule has 1 unspecified atom stereocenters. The molecular formula is C19H23NO2. The summed E-state index contributed by atoms with van der Waals surface area (Å²) >= 11 is 0.